The van der Waals surface area contributed by atoms with E-state index >= 15 is 0 Å². The third kappa shape index (κ3) is 5.87. The number of hydrogen-bond donors (Lipinski definition) is 3. The smallest absolute Gasteiger partial charge is 0.269 e. The van der Waals surface area contributed by atoms with Crippen LogP contribution in [0, 0.1) is 5.82 Å². The van der Waals surface area contributed by atoms with Crippen LogP contribution in [0.15, 0.2) is 66.9 Å². The van der Waals surface area contributed by atoms with E-state index in [1.165, 1.54) is 13.0 Å². The molecule has 0 bridgehead atoms. The van der Waals surface area contributed by atoms with Crippen LogP contribution in [0.25, 0.3) is 0 Å². The third-order valence-corrected chi connectivity index (χ3v) is 4.13. The zero-order chi connectivity index (χ0) is 20.6. The van der Waals surface area contributed by atoms with Crippen molar-refractivity contribution in [2.45, 2.75) is 13.3 Å². The molecule has 0 unspecified atom stereocenters. The van der Waals surface area contributed by atoms with Gasteiger partial charge in [0.15, 0.2) is 0 Å². The largest absolute Gasteiger partial charge is 0.354 e. The van der Waals surface area contributed by atoms with Gasteiger partial charge in [0.2, 0.25) is 5.91 Å². The van der Waals surface area contributed by atoms with Crippen molar-refractivity contribution in [3.63, 3.8) is 0 Å². The van der Waals surface area contributed by atoms with E-state index in [0.29, 0.717) is 24.2 Å². The summed E-state index contributed by atoms with van der Waals surface area (Å²) >= 11 is 0. The molecule has 7 heteroatoms. The van der Waals surface area contributed by atoms with Crippen molar-refractivity contribution in [2.75, 3.05) is 17.2 Å². The van der Waals surface area contributed by atoms with E-state index in [2.05, 4.69) is 20.9 Å². The van der Waals surface area contributed by atoms with E-state index in [1.807, 2.05) is 12.1 Å². The van der Waals surface area contributed by atoms with Gasteiger partial charge in [-0.2, -0.15) is 0 Å². The van der Waals surface area contributed by atoms with Gasteiger partial charge in [-0.05, 0) is 54.4 Å². The molecule has 1 heterocycles. The number of carbonyl (C=O) groups is 2. The van der Waals surface area contributed by atoms with Crippen molar-refractivity contribution in [1.82, 2.24) is 10.3 Å². The van der Waals surface area contributed by atoms with Crippen LogP contribution in [0.2, 0.25) is 0 Å². The maximum Gasteiger partial charge on any atom is 0.269 e. The molecule has 0 radical (unpaired) electrons. The van der Waals surface area contributed by atoms with Gasteiger partial charge in [0, 0.05) is 24.8 Å². The fraction of sp³-hybridized carbons (Fsp3) is 0.136. The van der Waals surface area contributed by atoms with E-state index in [1.54, 1.807) is 48.7 Å². The first-order valence-corrected chi connectivity index (χ1v) is 9.13. The zero-order valence-electron chi connectivity index (χ0n) is 15.9. The summed E-state index contributed by atoms with van der Waals surface area (Å²) in [7, 11) is 0. The second-order valence-corrected chi connectivity index (χ2v) is 6.41. The van der Waals surface area contributed by atoms with E-state index in [9.17, 15) is 14.0 Å². The zero-order valence-corrected chi connectivity index (χ0v) is 15.9. The fourth-order valence-electron chi connectivity index (χ4n) is 2.71. The molecule has 0 aliphatic rings. The van der Waals surface area contributed by atoms with Gasteiger partial charge in [-0.25, -0.2) is 9.37 Å². The van der Waals surface area contributed by atoms with Gasteiger partial charge in [-0.15, -0.1) is 0 Å². The quantitative estimate of drug-likeness (QED) is 0.570. The lowest BCUT2D eigenvalue weighted by Gasteiger charge is -2.09. The number of nitrogens with zero attached hydrogens (tertiary/aromatic N) is 1. The molecule has 2 amide bonds. The number of aromatic nitrogens is 1. The Balaban J connectivity index is 1.52. The number of anilines is 3. The normalized spacial score (nSPS) is 10.3. The molecule has 148 valence electrons. The monoisotopic (exact) mass is 392 g/mol. The van der Waals surface area contributed by atoms with E-state index in [-0.39, 0.29) is 23.3 Å². The van der Waals surface area contributed by atoms with Crippen LogP contribution in [0.4, 0.5) is 21.5 Å². The average molecular weight is 392 g/mol. The molecular weight excluding hydrogens is 371 g/mol. The summed E-state index contributed by atoms with van der Waals surface area (Å²) in [6, 6.07) is 17.1. The summed E-state index contributed by atoms with van der Waals surface area (Å²) in [5, 5.41) is 8.62. The minimum absolute atomic E-state index is 0.127. The number of rotatable bonds is 7. The molecule has 0 spiro atoms. The standard InChI is InChI=1S/C22H21FN4O2/c1-15(28)26-17-6-8-18(9-7-17)27-19-10-11-21(25-14-19)22(29)24-13-12-16-4-2-3-5-20(16)23/h2-11,14,27H,12-13H2,1H3,(H,24,29)(H,26,28). The number of hydrogen-bond acceptors (Lipinski definition) is 4. The first kappa shape index (κ1) is 20.0. The predicted octanol–water partition coefficient (Wildman–Crippen LogP) is 3.90. The number of carbonyl (C=O) groups excluding carboxylic acids is 2. The van der Waals surface area contributed by atoms with Crippen LogP contribution >= 0.6 is 0 Å². The van der Waals surface area contributed by atoms with Gasteiger partial charge in [0.05, 0.1) is 11.9 Å². The first-order chi connectivity index (χ1) is 14.0. The van der Waals surface area contributed by atoms with Crippen LogP contribution in [0.3, 0.4) is 0 Å². The molecule has 0 saturated carbocycles. The van der Waals surface area contributed by atoms with Gasteiger partial charge in [-0.3, -0.25) is 9.59 Å². The van der Waals surface area contributed by atoms with Gasteiger partial charge < -0.3 is 16.0 Å². The second-order valence-electron chi connectivity index (χ2n) is 6.41. The summed E-state index contributed by atoms with van der Waals surface area (Å²) in [6.07, 6.45) is 1.97. The van der Waals surface area contributed by atoms with Crippen LogP contribution in [-0.2, 0) is 11.2 Å². The Morgan fingerprint density at radius 3 is 2.28 bits per heavy atom. The van der Waals surface area contributed by atoms with Gasteiger partial charge >= 0.3 is 0 Å². The van der Waals surface area contributed by atoms with Crippen molar-refractivity contribution < 1.29 is 14.0 Å². The highest BCUT2D eigenvalue weighted by atomic mass is 19.1. The van der Waals surface area contributed by atoms with Crippen molar-refractivity contribution in [2.24, 2.45) is 0 Å². The Labute approximate surface area is 168 Å². The minimum Gasteiger partial charge on any atom is -0.354 e. The average Bonchev–Trinajstić information content (AvgIpc) is 2.71. The van der Waals surface area contributed by atoms with Crippen molar-refractivity contribution in [1.29, 1.82) is 0 Å². The van der Waals surface area contributed by atoms with Crippen LogP contribution in [0.1, 0.15) is 23.0 Å². The highest BCUT2D eigenvalue weighted by Gasteiger charge is 2.08. The molecule has 0 aliphatic carbocycles. The Kier molecular flexibility index (Phi) is 6.52. The fourth-order valence-corrected chi connectivity index (χ4v) is 2.71. The highest BCUT2D eigenvalue weighted by molar-refractivity contribution is 5.92. The maximum atomic E-state index is 13.6. The van der Waals surface area contributed by atoms with Gasteiger partial charge in [0.25, 0.3) is 5.91 Å². The number of amides is 2. The Morgan fingerprint density at radius 1 is 0.931 bits per heavy atom. The molecule has 3 rings (SSSR count). The van der Waals surface area contributed by atoms with Gasteiger partial charge in [0.1, 0.15) is 11.5 Å². The maximum absolute atomic E-state index is 13.6. The molecule has 3 N–H and O–H groups in total. The van der Waals surface area contributed by atoms with Crippen molar-refractivity contribution >= 4 is 28.9 Å². The van der Waals surface area contributed by atoms with E-state index < -0.39 is 0 Å². The van der Waals surface area contributed by atoms with Crippen LogP contribution in [0.5, 0.6) is 0 Å². The molecule has 29 heavy (non-hydrogen) atoms. The van der Waals surface area contributed by atoms with E-state index in [0.717, 1.165) is 11.4 Å². The lowest BCUT2D eigenvalue weighted by Crippen LogP contribution is -2.26. The third-order valence-electron chi connectivity index (χ3n) is 4.13. The number of benzene rings is 2. The molecule has 0 aliphatic heterocycles. The summed E-state index contributed by atoms with van der Waals surface area (Å²) < 4.78 is 13.6. The van der Waals surface area contributed by atoms with E-state index in [4.69, 9.17) is 0 Å². The Bertz CT molecular complexity index is 988. The summed E-state index contributed by atoms with van der Waals surface area (Å²) in [4.78, 5) is 27.4. The lowest BCUT2D eigenvalue weighted by atomic mass is 10.1. The SMILES string of the molecule is CC(=O)Nc1ccc(Nc2ccc(C(=O)NCCc3ccccc3F)nc2)cc1. The molecule has 2 aromatic carbocycles. The summed E-state index contributed by atoms with van der Waals surface area (Å²) in [5.41, 5.74) is 3.10. The summed E-state index contributed by atoms with van der Waals surface area (Å²) in [5.74, 6) is -0.717. The molecule has 1 aromatic heterocycles. The molecular formula is C22H21FN4O2. The number of nitrogens with one attached hydrogen (secondary N) is 3. The second kappa shape index (κ2) is 9.45. The molecule has 0 saturated heterocycles. The topological polar surface area (TPSA) is 83.1 Å². The highest BCUT2D eigenvalue weighted by Crippen LogP contribution is 2.18. The first-order valence-electron chi connectivity index (χ1n) is 9.13. The van der Waals surface area contributed by atoms with Crippen molar-refractivity contribution in [3.05, 3.63) is 83.9 Å². The number of halogens is 1. The molecule has 0 atom stereocenters. The van der Waals surface area contributed by atoms with Crippen molar-refractivity contribution in [3.8, 4) is 0 Å². The predicted molar refractivity (Wildman–Crippen MR) is 111 cm³/mol. The lowest BCUT2D eigenvalue weighted by molar-refractivity contribution is -0.114. The molecule has 3 aromatic rings. The minimum atomic E-state index is -0.312. The Morgan fingerprint density at radius 2 is 1.62 bits per heavy atom. The Hall–Kier alpha value is -3.74. The van der Waals surface area contributed by atoms with Crippen LogP contribution in [-0.4, -0.2) is 23.3 Å². The molecule has 6 nitrogen and oxygen atoms in total. The molecule has 0 fully saturated rings. The van der Waals surface area contributed by atoms with Crippen LogP contribution < -0.4 is 16.0 Å². The number of pyridine rings is 1. The summed E-state index contributed by atoms with van der Waals surface area (Å²) in [6.45, 7) is 1.78. The van der Waals surface area contributed by atoms with Gasteiger partial charge in [-0.1, -0.05) is 18.2 Å².